The molecule has 4 aromatic rings. The number of nitrogens with zero attached hydrogens (tertiary/aromatic N) is 5. The molecule has 0 fully saturated rings. The topological polar surface area (TPSA) is 68.5 Å². The van der Waals surface area contributed by atoms with Gasteiger partial charge in [0.2, 0.25) is 0 Å². The first kappa shape index (κ1) is 18.1. The molecule has 0 aliphatic carbocycles. The summed E-state index contributed by atoms with van der Waals surface area (Å²) in [5.41, 5.74) is 3.82. The third-order valence-corrected chi connectivity index (χ3v) is 4.57. The third kappa shape index (κ3) is 3.87. The summed E-state index contributed by atoms with van der Waals surface area (Å²) < 4.78 is 1.78. The predicted octanol–water partition coefficient (Wildman–Crippen LogP) is 4.53. The molecule has 1 N–H and O–H groups in total. The Kier molecular flexibility index (Phi) is 5.04. The van der Waals surface area contributed by atoms with Gasteiger partial charge in [-0.3, -0.25) is 4.98 Å². The highest BCUT2D eigenvalue weighted by atomic mass is 35.5. The van der Waals surface area contributed by atoms with Crippen LogP contribution in [0, 0.1) is 13.8 Å². The molecule has 140 valence electrons. The van der Waals surface area contributed by atoms with E-state index in [9.17, 15) is 0 Å². The number of nitrogens with one attached hydrogen (secondary N) is 1. The molecule has 1 unspecified atom stereocenters. The standard InChI is InChI=1S/C21H19ClN6/c1-14-12-15(2)28(27-14)20-10-9-19(25-26-20)24-21(18-8-3-4-11-23-18)16-6-5-7-17(22)13-16/h3-13,21H,1-2H3,(H,24,25). The zero-order chi connectivity index (χ0) is 19.5. The van der Waals surface area contributed by atoms with Crippen LogP contribution in [-0.2, 0) is 0 Å². The molecule has 0 bridgehead atoms. The molecule has 1 atom stereocenters. The van der Waals surface area contributed by atoms with E-state index in [4.69, 9.17) is 11.6 Å². The molecule has 0 aliphatic rings. The molecule has 0 amide bonds. The number of halogens is 1. The largest absolute Gasteiger partial charge is 0.356 e. The molecule has 3 heterocycles. The fraction of sp³-hybridized carbons (Fsp3) is 0.143. The number of hydrogen-bond acceptors (Lipinski definition) is 5. The number of aromatic nitrogens is 5. The minimum atomic E-state index is -0.200. The molecular weight excluding hydrogens is 372 g/mol. The van der Waals surface area contributed by atoms with E-state index in [0.717, 1.165) is 22.6 Å². The summed E-state index contributed by atoms with van der Waals surface area (Å²) in [6.45, 7) is 3.94. The SMILES string of the molecule is Cc1cc(C)n(-c2ccc(NC(c3cccc(Cl)c3)c3ccccn3)nn2)n1. The predicted molar refractivity (Wildman–Crippen MR) is 110 cm³/mol. The Bertz CT molecular complexity index is 1080. The van der Waals surface area contributed by atoms with Gasteiger partial charge in [0.1, 0.15) is 5.82 Å². The lowest BCUT2D eigenvalue weighted by Gasteiger charge is -2.19. The fourth-order valence-electron chi connectivity index (χ4n) is 3.08. The number of rotatable bonds is 5. The molecule has 1 aromatic carbocycles. The number of benzene rings is 1. The van der Waals surface area contributed by atoms with Crippen LogP contribution in [0.1, 0.15) is 28.7 Å². The van der Waals surface area contributed by atoms with Crippen molar-refractivity contribution in [1.82, 2.24) is 25.0 Å². The molecular formula is C21H19ClN6. The van der Waals surface area contributed by atoms with E-state index in [2.05, 4.69) is 25.6 Å². The lowest BCUT2D eigenvalue weighted by Crippen LogP contribution is -2.15. The summed E-state index contributed by atoms with van der Waals surface area (Å²) in [6.07, 6.45) is 1.77. The first-order valence-electron chi connectivity index (χ1n) is 8.90. The molecule has 7 heteroatoms. The number of pyridine rings is 1. The van der Waals surface area contributed by atoms with Crippen LogP contribution in [0.15, 0.2) is 66.9 Å². The van der Waals surface area contributed by atoms with Crippen LogP contribution < -0.4 is 5.32 Å². The zero-order valence-corrected chi connectivity index (χ0v) is 16.3. The second kappa shape index (κ2) is 7.78. The molecule has 0 aliphatic heterocycles. The van der Waals surface area contributed by atoms with Crippen molar-refractivity contribution >= 4 is 17.4 Å². The maximum absolute atomic E-state index is 6.20. The Labute approximate surface area is 168 Å². The van der Waals surface area contributed by atoms with E-state index in [-0.39, 0.29) is 6.04 Å². The summed E-state index contributed by atoms with van der Waals surface area (Å²) in [6, 6.07) is 19.1. The highest BCUT2D eigenvalue weighted by molar-refractivity contribution is 6.30. The van der Waals surface area contributed by atoms with Crippen LogP contribution in [0.4, 0.5) is 5.82 Å². The minimum absolute atomic E-state index is 0.200. The fourth-order valence-corrected chi connectivity index (χ4v) is 3.28. The van der Waals surface area contributed by atoms with Crippen LogP contribution in [0.25, 0.3) is 5.82 Å². The second-order valence-corrected chi connectivity index (χ2v) is 6.94. The average molecular weight is 391 g/mol. The van der Waals surface area contributed by atoms with E-state index in [1.54, 1.807) is 10.9 Å². The quantitative estimate of drug-likeness (QED) is 0.542. The van der Waals surface area contributed by atoms with Crippen molar-refractivity contribution in [2.24, 2.45) is 0 Å². The molecule has 0 saturated heterocycles. The smallest absolute Gasteiger partial charge is 0.176 e. The highest BCUT2D eigenvalue weighted by Crippen LogP contribution is 2.26. The first-order valence-corrected chi connectivity index (χ1v) is 9.28. The van der Waals surface area contributed by atoms with Gasteiger partial charge in [-0.2, -0.15) is 5.10 Å². The number of aryl methyl sites for hydroxylation is 2. The van der Waals surface area contributed by atoms with E-state index in [1.807, 2.05) is 74.5 Å². The summed E-state index contributed by atoms with van der Waals surface area (Å²) in [4.78, 5) is 4.49. The molecule has 0 spiro atoms. The minimum Gasteiger partial charge on any atom is -0.356 e. The Morgan fingerprint density at radius 1 is 0.964 bits per heavy atom. The Morgan fingerprint density at radius 2 is 1.86 bits per heavy atom. The van der Waals surface area contributed by atoms with Gasteiger partial charge in [0.05, 0.1) is 17.4 Å². The van der Waals surface area contributed by atoms with Crippen molar-refractivity contribution in [3.63, 3.8) is 0 Å². The highest BCUT2D eigenvalue weighted by Gasteiger charge is 2.17. The molecule has 0 saturated carbocycles. The number of anilines is 1. The van der Waals surface area contributed by atoms with Crippen LogP contribution in [0.5, 0.6) is 0 Å². The number of hydrogen-bond donors (Lipinski definition) is 1. The van der Waals surface area contributed by atoms with Gasteiger partial charge in [-0.15, -0.1) is 10.2 Å². The first-order chi connectivity index (χ1) is 13.6. The van der Waals surface area contributed by atoms with Crippen LogP contribution in [0.3, 0.4) is 0 Å². The van der Waals surface area contributed by atoms with E-state index < -0.39 is 0 Å². The van der Waals surface area contributed by atoms with E-state index in [0.29, 0.717) is 16.7 Å². The average Bonchev–Trinajstić information content (AvgIpc) is 3.05. The van der Waals surface area contributed by atoms with E-state index in [1.165, 1.54) is 0 Å². The molecule has 0 radical (unpaired) electrons. The maximum atomic E-state index is 6.20. The summed E-state index contributed by atoms with van der Waals surface area (Å²) in [5, 5.41) is 17.2. The van der Waals surface area contributed by atoms with Gasteiger partial charge in [0.15, 0.2) is 5.82 Å². The van der Waals surface area contributed by atoms with Gasteiger partial charge in [0, 0.05) is 16.9 Å². The van der Waals surface area contributed by atoms with Gasteiger partial charge >= 0.3 is 0 Å². The van der Waals surface area contributed by atoms with Crippen molar-refractivity contribution in [3.8, 4) is 5.82 Å². The van der Waals surface area contributed by atoms with Crippen LogP contribution in [0.2, 0.25) is 5.02 Å². The van der Waals surface area contributed by atoms with Crippen molar-refractivity contribution < 1.29 is 0 Å². The van der Waals surface area contributed by atoms with Crippen molar-refractivity contribution in [2.45, 2.75) is 19.9 Å². The van der Waals surface area contributed by atoms with Gasteiger partial charge in [-0.25, -0.2) is 4.68 Å². The van der Waals surface area contributed by atoms with Gasteiger partial charge in [-0.1, -0.05) is 29.8 Å². The third-order valence-electron chi connectivity index (χ3n) is 4.33. The van der Waals surface area contributed by atoms with Crippen molar-refractivity contribution in [3.05, 3.63) is 94.5 Å². The Morgan fingerprint density at radius 3 is 2.50 bits per heavy atom. The summed E-state index contributed by atoms with van der Waals surface area (Å²) in [5.74, 6) is 1.31. The summed E-state index contributed by atoms with van der Waals surface area (Å²) in [7, 11) is 0. The second-order valence-electron chi connectivity index (χ2n) is 6.50. The van der Waals surface area contributed by atoms with E-state index >= 15 is 0 Å². The maximum Gasteiger partial charge on any atom is 0.176 e. The lowest BCUT2D eigenvalue weighted by molar-refractivity contribution is 0.778. The van der Waals surface area contributed by atoms with Crippen LogP contribution in [-0.4, -0.2) is 25.0 Å². The summed E-state index contributed by atoms with van der Waals surface area (Å²) >= 11 is 6.20. The normalized spacial score (nSPS) is 12.0. The van der Waals surface area contributed by atoms with Crippen molar-refractivity contribution in [1.29, 1.82) is 0 Å². The zero-order valence-electron chi connectivity index (χ0n) is 15.5. The van der Waals surface area contributed by atoms with Gasteiger partial charge in [0.25, 0.3) is 0 Å². The van der Waals surface area contributed by atoms with Gasteiger partial charge < -0.3 is 5.32 Å². The monoisotopic (exact) mass is 390 g/mol. The van der Waals surface area contributed by atoms with Gasteiger partial charge in [-0.05, 0) is 61.9 Å². The Hall–Kier alpha value is -3.25. The van der Waals surface area contributed by atoms with Crippen molar-refractivity contribution in [2.75, 3.05) is 5.32 Å². The van der Waals surface area contributed by atoms with Crippen LogP contribution >= 0.6 is 11.6 Å². The lowest BCUT2D eigenvalue weighted by atomic mass is 10.0. The molecule has 28 heavy (non-hydrogen) atoms. The molecule has 4 rings (SSSR count). The molecule has 3 aromatic heterocycles. The molecule has 6 nitrogen and oxygen atoms in total. The Balaban J connectivity index is 1.64.